The zero-order valence-electron chi connectivity index (χ0n) is 19.6. The highest BCUT2D eigenvalue weighted by atomic mass is 16.6. The van der Waals surface area contributed by atoms with Crippen LogP contribution in [0, 0.1) is 5.41 Å². The fraction of sp³-hybridized carbons (Fsp3) is 0.310. The number of ketones is 2. The molecule has 6 nitrogen and oxygen atoms in total. The fourth-order valence-electron chi connectivity index (χ4n) is 6.40. The van der Waals surface area contributed by atoms with Gasteiger partial charge >= 0.3 is 11.9 Å². The van der Waals surface area contributed by atoms with Crippen molar-refractivity contribution in [2.24, 2.45) is 5.41 Å². The molecule has 0 aromatic heterocycles. The van der Waals surface area contributed by atoms with Gasteiger partial charge in [-0.25, -0.2) is 0 Å². The average molecular weight is 469 g/mol. The lowest BCUT2D eigenvalue weighted by atomic mass is 9.57. The molecule has 5 aliphatic rings. The third kappa shape index (κ3) is 2.71. The largest absolute Gasteiger partial charge is 0.465 e. The van der Waals surface area contributed by atoms with E-state index in [9.17, 15) is 19.2 Å². The molecule has 176 valence electrons. The van der Waals surface area contributed by atoms with E-state index in [0.717, 1.165) is 22.3 Å². The van der Waals surface area contributed by atoms with Crippen molar-refractivity contribution < 1.29 is 28.7 Å². The lowest BCUT2D eigenvalue weighted by Crippen LogP contribution is -2.41. The smallest absolute Gasteiger partial charge is 0.324 e. The molecule has 0 radical (unpaired) electrons. The standard InChI is InChI=1S/C29H24O6/c1-3-34-27(32)29(28(33)35-4-2)13-19-20(14-29)26(31)24-22-16-10-6-5-9-15(16)21(23(24)25(19)30)17-11-7-8-12-18(17)22/h5-12,21-22H,3-4,13-14H2,1-2H3. The molecule has 6 heteroatoms. The van der Waals surface area contributed by atoms with Crippen LogP contribution in [0.4, 0.5) is 0 Å². The van der Waals surface area contributed by atoms with Gasteiger partial charge in [0.25, 0.3) is 0 Å². The summed E-state index contributed by atoms with van der Waals surface area (Å²) in [7, 11) is 0. The molecule has 0 fully saturated rings. The molecular weight excluding hydrogens is 444 g/mol. The van der Waals surface area contributed by atoms with E-state index >= 15 is 0 Å². The van der Waals surface area contributed by atoms with Crippen molar-refractivity contribution in [1.29, 1.82) is 0 Å². The average Bonchev–Trinajstić information content (AvgIpc) is 3.30. The number of benzene rings is 2. The van der Waals surface area contributed by atoms with Crippen molar-refractivity contribution in [3.63, 3.8) is 0 Å². The van der Waals surface area contributed by atoms with Gasteiger partial charge in [-0.05, 0) is 36.1 Å². The van der Waals surface area contributed by atoms with Gasteiger partial charge in [0.15, 0.2) is 17.0 Å². The predicted octanol–water partition coefficient (Wildman–Crippen LogP) is 3.93. The summed E-state index contributed by atoms with van der Waals surface area (Å²) in [5.41, 5.74) is 3.87. The van der Waals surface area contributed by atoms with Crippen LogP contribution >= 0.6 is 0 Å². The van der Waals surface area contributed by atoms with Gasteiger partial charge in [0.05, 0.1) is 13.2 Å². The predicted molar refractivity (Wildman–Crippen MR) is 126 cm³/mol. The number of Topliss-reactive ketones (excluding diaryl/α,β-unsaturated/α-hetero) is 2. The van der Waals surface area contributed by atoms with E-state index in [2.05, 4.69) is 0 Å². The summed E-state index contributed by atoms with van der Waals surface area (Å²) in [6.45, 7) is 3.47. The zero-order chi connectivity index (χ0) is 24.5. The van der Waals surface area contributed by atoms with Crippen LogP contribution in [0.2, 0.25) is 0 Å². The van der Waals surface area contributed by atoms with Gasteiger partial charge < -0.3 is 9.47 Å². The monoisotopic (exact) mass is 468 g/mol. The van der Waals surface area contributed by atoms with Gasteiger partial charge in [-0.3, -0.25) is 19.2 Å². The third-order valence-corrected chi connectivity index (χ3v) is 7.79. The van der Waals surface area contributed by atoms with Crippen LogP contribution in [-0.2, 0) is 28.7 Å². The molecule has 0 unspecified atom stereocenters. The first kappa shape index (κ1) is 21.7. The number of carbonyl (C=O) groups excluding carboxylic acids is 4. The molecule has 2 aromatic rings. The normalized spacial score (nSPS) is 22.9. The van der Waals surface area contributed by atoms with Crippen molar-refractivity contribution in [3.8, 4) is 0 Å². The van der Waals surface area contributed by atoms with Crippen LogP contribution in [-0.4, -0.2) is 36.7 Å². The number of esters is 2. The highest BCUT2D eigenvalue weighted by molar-refractivity contribution is 6.29. The summed E-state index contributed by atoms with van der Waals surface area (Å²) < 4.78 is 10.5. The quantitative estimate of drug-likeness (QED) is 0.384. The van der Waals surface area contributed by atoms with Crippen LogP contribution in [0.15, 0.2) is 70.8 Å². The number of hydrogen-bond acceptors (Lipinski definition) is 6. The van der Waals surface area contributed by atoms with Gasteiger partial charge in [-0.2, -0.15) is 0 Å². The van der Waals surface area contributed by atoms with Crippen molar-refractivity contribution in [1.82, 2.24) is 0 Å². The Bertz CT molecular complexity index is 1260. The molecule has 0 N–H and O–H groups in total. The number of allylic oxidation sites excluding steroid dienone is 4. The molecule has 35 heavy (non-hydrogen) atoms. The summed E-state index contributed by atoms with van der Waals surface area (Å²) >= 11 is 0. The van der Waals surface area contributed by atoms with Crippen LogP contribution in [0.25, 0.3) is 0 Å². The molecular formula is C29H24O6. The van der Waals surface area contributed by atoms with Gasteiger partial charge in [0.2, 0.25) is 0 Å². The molecule has 0 aliphatic heterocycles. The Balaban J connectivity index is 1.50. The van der Waals surface area contributed by atoms with Gasteiger partial charge in [0, 0.05) is 47.0 Å². The molecule has 0 saturated carbocycles. The number of ether oxygens (including phenoxy) is 2. The number of carbonyl (C=O) groups is 4. The molecule has 0 heterocycles. The van der Waals surface area contributed by atoms with Gasteiger partial charge in [-0.15, -0.1) is 0 Å². The third-order valence-electron chi connectivity index (χ3n) is 7.79. The molecule has 0 spiro atoms. The van der Waals surface area contributed by atoms with Crippen molar-refractivity contribution in [3.05, 3.63) is 93.1 Å². The topological polar surface area (TPSA) is 86.7 Å². The summed E-state index contributed by atoms with van der Waals surface area (Å²) in [6, 6.07) is 15.9. The number of hydrogen-bond donors (Lipinski definition) is 0. The van der Waals surface area contributed by atoms with E-state index in [-0.39, 0.29) is 60.6 Å². The van der Waals surface area contributed by atoms with Gasteiger partial charge in [0.1, 0.15) is 0 Å². The van der Waals surface area contributed by atoms with Crippen LogP contribution < -0.4 is 0 Å². The van der Waals surface area contributed by atoms with E-state index in [1.807, 2.05) is 48.5 Å². The number of rotatable bonds is 4. The highest BCUT2D eigenvalue weighted by Gasteiger charge is 2.60. The maximum Gasteiger partial charge on any atom is 0.324 e. The first-order valence-corrected chi connectivity index (χ1v) is 12.0. The molecule has 2 bridgehead atoms. The van der Waals surface area contributed by atoms with E-state index in [4.69, 9.17) is 9.47 Å². The summed E-state index contributed by atoms with van der Waals surface area (Å²) in [5.74, 6) is -2.70. The van der Waals surface area contributed by atoms with E-state index < -0.39 is 17.4 Å². The molecule has 0 amide bonds. The Hall–Kier alpha value is -3.80. The minimum atomic E-state index is -1.71. The second kappa shape index (κ2) is 7.60. The van der Waals surface area contributed by atoms with Crippen molar-refractivity contribution >= 4 is 23.5 Å². The Labute approximate surface area is 202 Å². The fourth-order valence-corrected chi connectivity index (χ4v) is 6.40. The second-order valence-electron chi connectivity index (χ2n) is 9.44. The maximum absolute atomic E-state index is 14.1. The van der Waals surface area contributed by atoms with E-state index in [0.29, 0.717) is 11.1 Å². The second-order valence-corrected chi connectivity index (χ2v) is 9.44. The van der Waals surface area contributed by atoms with Crippen LogP contribution in [0.5, 0.6) is 0 Å². The molecule has 2 aromatic carbocycles. The zero-order valence-corrected chi connectivity index (χ0v) is 19.6. The molecule has 0 saturated heterocycles. The molecule has 5 aliphatic carbocycles. The lowest BCUT2D eigenvalue weighted by molar-refractivity contribution is -0.171. The van der Waals surface area contributed by atoms with Crippen LogP contribution in [0.1, 0.15) is 60.8 Å². The Kier molecular flexibility index (Phi) is 4.72. The highest BCUT2D eigenvalue weighted by Crippen LogP contribution is 2.60. The molecule has 0 atom stereocenters. The summed E-state index contributed by atoms with van der Waals surface area (Å²) in [6.07, 6.45) is -0.357. The lowest BCUT2D eigenvalue weighted by Gasteiger charge is -2.44. The van der Waals surface area contributed by atoms with E-state index in [1.165, 1.54) is 0 Å². The SMILES string of the molecule is CCOC(=O)C1(C(=O)OCC)CC2=C(C1)C(=O)C1=C(C2=O)C2c3ccccc3C1c1ccccc12. The molecule has 7 rings (SSSR count). The first-order chi connectivity index (χ1) is 16.9. The van der Waals surface area contributed by atoms with Crippen LogP contribution in [0.3, 0.4) is 0 Å². The Morgan fingerprint density at radius 1 is 0.714 bits per heavy atom. The van der Waals surface area contributed by atoms with Gasteiger partial charge in [-0.1, -0.05) is 48.5 Å². The summed E-state index contributed by atoms with van der Waals surface area (Å²) in [5, 5.41) is 0. The minimum Gasteiger partial charge on any atom is -0.465 e. The maximum atomic E-state index is 14.1. The first-order valence-electron chi connectivity index (χ1n) is 12.0. The van der Waals surface area contributed by atoms with Crippen molar-refractivity contribution in [2.75, 3.05) is 13.2 Å². The Morgan fingerprint density at radius 3 is 1.37 bits per heavy atom. The Morgan fingerprint density at radius 2 is 1.06 bits per heavy atom. The minimum absolute atomic E-state index is 0.0794. The van der Waals surface area contributed by atoms with E-state index in [1.54, 1.807) is 13.8 Å². The van der Waals surface area contributed by atoms with Crippen molar-refractivity contribution in [2.45, 2.75) is 38.5 Å². The summed E-state index contributed by atoms with van der Waals surface area (Å²) in [4.78, 5) is 54.3.